The summed E-state index contributed by atoms with van der Waals surface area (Å²) in [5, 5.41) is 9.26. The Morgan fingerprint density at radius 2 is 2.20 bits per heavy atom. The van der Waals surface area contributed by atoms with Gasteiger partial charge in [0.05, 0.1) is 6.61 Å². The molecule has 0 saturated heterocycles. The molecular weight excluding hydrogens is 196 g/mol. The zero-order chi connectivity index (χ0) is 11.3. The molecule has 1 N–H and O–H groups in total. The minimum atomic E-state index is -0.400. The van der Waals surface area contributed by atoms with Gasteiger partial charge in [0.2, 0.25) is 0 Å². The molecule has 0 radical (unpaired) electrons. The number of phenolic OH excluding ortho intramolecular Hbond substituents is 1. The number of rotatable bonds is 4. The fourth-order valence-electron chi connectivity index (χ4n) is 1.06. The van der Waals surface area contributed by atoms with E-state index in [0.29, 0.717) is 17.9 Å². The molecule has 0 spiro atoms. The summed E-state index contributed by atoms with van der Waals surface area (Å²) in [4.78, 5) is 11.0. The zero-order valence-corrected chi connectivity index (χ0v) is 8.82. The van der Waals surface area contributed by atoms with E-state index in [9.17, 15) is 9.90 Å². The maximum absolute atomic E-state index is 11.0. The lowest BCUT2D eigenvalue weighted by Gasteiger charge is -2.06. The molecular formula is C11H14O4. The molecule has 0 heterocycles. The first kappa shape index (κ1) is 11.4. The van der Waals surface area contributed by atoms with E-state index < -0.39 is 5.97 Å². The smallest absolute Gasteiger partial charge is 0.344 e. The van der Waals surface area contributed by atoms with Crippen molar-refractivity contribution < 1.29 is 19.4 Å². The van der Waals surface area contributed by atoms with Crippen LogP contribution >= 0.6 is 0 Å². The van der Waals surface area contributed by atoms with Crippen LogP contribution in [0.25, 0.3) is 0 Å². The highest BCUT2D eigenvalue weighted by Gasteiger charge is 2.04. The molecule has 0 unspecified atom stereocenters. The van der Waals surface area contributed by atoms with Gasteiger partial charge in [0.15, 0.2) is 6.61 Å². The van der Waals surface area contributed by atoms with Crippen LogP contribution in [0.15, 0.2) is 18.2 Å². The van der Waals surface area contributed by atoms with Gasteiger partial charge < -0.3 is 14.6 Å². The third kappa shape index (κ3) is 3.50. The second-order valence-electron chi connectivity index (χ2n) is 3.04. The summed E-state index contributed by atoms with van der Waals surface area (Å²) >= 11 is 0. The number of carbonyl (C=O) groups excluding carboxylic acids is 1. The monoisotopic (exact) mass is 210 g/mol. The average molecular weight is 210 g/mol. The molecule has 0 saturated carbocycles. The second-order valence-corrected chi connectivity index (χ2v) is 3.04. The summed E-state index contributed by atoms with van der Waals surface area (Å²) in [5.74, 6) is 0.347. The number of esters is 1. The Balaban J connectivity index is 2.51. The maximum Gasteiger partial charge on any atom is 0.344 e. The van der Waals surface area contributed by atoms with E-state index in [1.54, 1.807) is 26.0 Å². The number of phenols is 1. The van der Waals surface area contributed by atoms with Gasteiger partial charge in [-0.15, -0.1) is 0 Å². The van der Waals surface area contributed by atoms with Crippen LogP contribution in [0.5, 0.6) is 11.5 Å². The Labute approximate surface area is 88.4 Å². The van der Waals surface area contributed by atoms with E-state index in [4.69, 9.17) is 9.47 Å². The Morgan fingerprint density at radius 3 is 2.80 bits per heavy atom. The van der Waals surface area contributed by atoms with E-state index >= 15 is 0 Å². The van der Waals surface area contributed by atoms with Crippen molar-refractivity contribution >= 4 is 5.97 Å². The van der Waals surface area contributed by atoms with Crippen molar-refractivity contribution in [1.82, 2.24) is 0 Å². The molecule has 1 aromatic rings. The molecule has 0 aliphatic heterocycles. The van der Waals surface area contributed by atoms with Crippen LogP contribution in [-0.2, 0) is 9.53 Å². The molecule has 4 heteroatoms. The first-order valence-corrected chi connectivity index (χ1v) is 4.71. The maximum atomic E-state index is 11.0. The highest BCUT2D eigenvalue weighted by Crippen LogP contribution is 2.21. The van der Waals surface area contributed by atoms with Crippen LogP contribution in [-0.4, -0.2) is 24.3 Å². The van der Waals surface area contributed by atoms with Crippen molar-refractivity contribution in [2.24, 2.45) is 0 Å². The van der Waals surface area contributed by atoms with E-state index in [1.165, 1.54) is 6.07 Å². The average Bonchev–Trinajstić information content (AvgIpc) is 2.20. The van der Waals surface area contributed by atoms with Crippen molar-refractivity contribution in [1.29, 1.82) is 0 Å². The van der Waals surface area contributed by atoms with E-state index in [-0.39, 0.29) is 12.4 Å². The number of hydrogen-bond donors (Lipinski definition) is 1. The van der Waals surface area contributed by atoms with E-state index in [0.717, 1.165) is 0 Å². The van der Waals surface area contributed by atoms with Gasteiger partial charge in [0.1, 0.15) is 11.5 Å². The highest BCUT2D eigenvalue weighted by molar-refractivity contribution is 5.71. The van der Waals surface area contributed by atoms with Crippen LogP contribution in [0.1, 0.15) is 12.5 Å². The summed E-state index contributed by atoms with van der Waals surface area (Å²) < 4.78 is 9.87. The van der Waals surface area contributed by atoms with Gasteiger partial charge in [0, 0.05) is 0 Å². The largest absolute Gasteiger partial charge is 0.508 e. The molecule has 15 heavy (non-hydrogen) atoms. The van der Waals surface area contributed by atoms with Crippen LogP contribution in [0.4, 0.5) is 0 Å². The van der Waals surface area contributed by atoms with Gasteiger partial charge in [-0.3, -0.25) is 0 Å². The van der Waals surface area contributed by atoms with Crippen molar-refractivity contribution in [3.05, 3.63) is 23.8 Å². The molecule has 82 valence electrons. The fourth-order valence-corrected chi connectivity index (χ4v) is 1.06. The Kier molecular flexibility index (Phi) is 3.97. The fraction of sp³-hybridized carbons (Fsp3) is 0.364. The number of ether oxygens (including phenoxy) is 2. The number of aryl methyl sites for hydroxylation is 1. The zero-order valence-electron chi connectivity index (χ0n) is 8.82. The van der Waals surface area contributed by atoms with Crippen LogP contribution < -0.4 is 4.74 Å². The number of hydrogen-bond acceptors (Lipinski definition) is 4. The molecule has 0 aliphatic carbocycles. The van der Waals surface area contributed by atoms with Gasteiger partial charge >= 0.3 is 5.97 Å². The number of aromatic hydroxyl groups is 1. The Morgan fingerprint density at radius 1 is 1.47 bits per heavy atom. The summed E-state index contributed by atoms with van der Waals surface area (Å²) in [6, 6.07) is 4.78. The Hall–Kier alpha value is -1.71. The lowest BCUT2D eigenvalue weighted by Crippen LogP contribution is -2.14. The lowest BCUT2D eigenvalue weighted by molar-refractivity contribution is -0.145. The van der Waals surface area contributed by atoms with Crippen LogP contribution in [0.3, 0.4) is 0 Å². The Bertz CT molecular complexity index is 346. The van der Waals surface area contributed by atoms with Gasteiger partial charge in [0.25, 0.3) is 0 Å². The van der Waals surface area contributed by atoms with Crippen LogP contribution in [0, 0.1) is 6.92 Å². The van der Waals surface area contributed by atoms with Gasteiger partial charge in [-0.1, -0.05) is 0 Å². The third-order valence-corrected chi connectivity index (χ3v) is 1.83. The predicted molar refractivity (Wildman–Crippen MR) is 55.0 cm³/mol. The second kappa shape index (κ2) is 5.24. The topological polar surface area (TPSA) is 55.8 Å². The normalized spacial score (nSPS) is 9.73. The molecule has 0 fully saturated rings. The first-order valence-electron chi connectivity index (χ1n) is 4.71. The summed E-state index contributed by atoms with van der Waals surface area (Å²) in [6.07, 6.45) is 0. The lowest BCUT2D eigenvalue weighted by atomic mass is 10.2. The highest BCUT2D eigenvalue weighted by atomic mass is 16.6. The van der Waals surface area contributed by atoms with E-state index in [1.807, 2.05) is 0 Å². The van der Waals surface area contributed by atoms with Gasteiger partial charge in [-0.25, -0.2) is 4.79 Å². The van der Waals surface area contributed by atoms with Crippen molar-refractivity contribution in [2.75, 3.05) is 13.2 Å². The molecule has 4 nitrogen and oxygen atoms in total. The third-order valence-electron chi connectivity index (χ3n) is 1.83. The summed E-state index contributed by atoms with van der Waals surface area (Å²) in [6.45, 7) is 3.73. The summed E-state index contributed by atoms with van der Waals surface area (Å²) in [7, 11) is 0. The minimum absolute atomic E-state index is 0.113. The molecule has 1 rings (SSSR count). The first-order chi connectivity index (χ1) is 7.13. The molecule has 0 aliphatic rings. The predicted octanol–water partition coefficient (Wildman–Crippen LogP) is 1.64. The molecule has 1 aromatic carbocycles. The number of carbonyl (C=O) groups is 1. The quantitative estimate of drug-likeness (QED) is 0.767. The van der Waals surface area contributed by atoms with Crippen molar-refractivity contribution in [2.45, 2.75) is 13.8 Å². The van der Waals surface area contributed by atoms with Gasteiger partial charge in [-0.2, -0.15) is 0 Å². The van der Waals surface area contributed by atoms with Crippen molar-refractivity contribution in [3.8, 4) is 11.5 Å². The molecule has 0 atom stereocenters. The molecule has 0 bridgehead atoms. The summed E-state index contributed by atoms with van der Waals surface area (Å²) in [5.41, 5.74) is 0.705. The van der Waals surface area contributed by atoms with Crippen LogP contribution in [0.2, 0.25) is 0 Å². The van der Waals surface area contributed by atoms with E-state index in [2.05, 4.69) is 0 Å². The standard InChI is InChI=1S/C11H14O4/c1-3-14-11(13)7-15-9-4-5-10(12)8(2)6-9/h4-6,12H,3,7H2,1-2H3. The minimum Gasteiger partial charge on any atom is -0.508 e. The van der Waals surface area contributed by atoms with Gasteiger partial charge in [-0.05, 0) is 37.6 Å². The SMILES string of the molecule is CCOC(=O)COc1ccc(O)c(C)c1. The molecule has 0 amide bonds. The van der Waals surface area contributed by atoms with Crippen molar-refractivity contribution in [3.63, 3.8) is 0 Å². The molecule has 0 aromatic heterocycles. The number of benzene rings is 1.